The van der Waals surface area contributed by atoms with Crippen LogP contribution in [-0.4, -0.2) is 51.2 Å². The zero-order valence-electron chi connectivity index (χ0n) is 14.7. The standard InChI is InChI=1S/C17H20N6O2S/c1-12-14(26-11-20-12)6-9-23(2)17(24)19-8-5-15-21-16(22-25-15)13-4-3-7-18-10-13/h3-4,7,10-11H,5-6,8-9H2,1-2H3,(H,19,24). The van der Waals surface area contributed by atoms with Crippen molar-refractivity contribution in [1.82, 2.24) is 30.3 Å². The number of rotatable bonds is 7. The number of likely N-dealkylation sites (N-methyl/N-ethyl adjacent to an activating group) is 1. The molecule has 3 aromatic rings. The summed E-state index contributed by atoms with van der Waals surface area (Å²) in [4.78, 5) is 27.6. The van der Waals surface area contributed by atoms with Gasteiger partial charge >= 0.3 is 6.03 Å². The quantitative estimate of drug-likeness (QED) is 0.684. The Hall–Kier alpha value is -2.81. The van der Waals surface area contributed by atoms with E-state index in [4.69, 9.17) is 4.52 Å². The zero-order chi connectivity index (χ0) is 18.4. The number of hydrogen-bond donors (Lipinski definition) is 1. The van der Waals surface area contributed by atoms with Crippen molar-refractivity contribution in [3.63, 3.8) is 0 Å². The Balaban J connectivity index is 1.42. The normalized spacial score (nSPS) is 10.7. The first-order valence-electron chi connectivity index (χ1n) is 8.24. The number of urea groups is 1. The Bertz CT molecular complexity index is 848. The summed E-state index contributed by atoms with van der Waals surface area (Å²) in [5.41, 5.74) is 3.66. The molecule has 8 nitrogen and oxygen atoms in total. The van der Waals surface area contributed by atoms with E-state index in [2.05, 4.69) is 25.4 Å². The van der Waals surface area contributed by atoms with Crippen LogP contribution in [0.15, 0.2) is 34.6 Å². The molecule has 0 fully saturated rings. The van der Waals surface area contributed by atoms with Gasteiger partial charge in [0.1, 0.15) is 0 Å². The van der Waals surface area contributed by atoms with Crippen LogP contribution in [0.4, 0.5) is 4.79 Å². The van der Waals surface area contributed by atoms with Crippen molar-refractivity contribution in [3.05, 3.63) is 46.5 Å². The largest absolute Gasteiger partial charge is 0.339 e. The molecule has 0 saturated heterocycles. The molecule has 0 aliphatic carbocycles. The molecule has 1 N–H and O–H groups in total. The predicted octanol–water partition coefficient (Wildman–Crippen LogP) is 2.32. The van der Waals surface area contributed by atoms with Gasteiger partial charge in [0.25, 0.3) is 0 Å². The number of thiazole rings is 1. The molecule has 0 unspecified atom stereocenters. The van der Waals surface area contributed by atoms with Gasteiger partial charge in [0, 0.05) is 55.8 Å². The number of carbonyl (C=O) groups excluding carboxylic acids is 1. The van der Waals surface area contributed by atoms with Crippen molar-refractivity contribution >= 4 is 17.4 Å². The van der Waals surface area contributed by atoms with Gasteiger partial charge in [0.05, 0.1) is 11.2 Å². The molecule has 0 radical (unpaired) electrons. The maximum Gasteiger partial charge on any atom is 0.317 e. The summed E-state index contributed by atoms with van der Waals surface area (Å²) < 4.78 is 5.21. The molecule has 9 heteroatoms. The van der Waals surface area contributed by atoms with Gasteiger partial charge in [0.2, 0.25) is 11.7 Å². The molecule has 0 saturated carbocycles. The molecule has 3 heterocycles. The van der Waals surface area contributed by atoms with Crippen LogP contribution in [0.25, 0.3) is 11.4 Å². The number of pyridine rings is 1. The van der Waals surface area contributed by atoms with Crippen molar-refractivity contribution in [2.24, 2.45) is 0 Å². The second-order valence-electron chi connectivity index (χ2n) is 5.77. The third-order valence-electron chi connectivity index (χ3n) is 3.87. The van der Waals surface area contributed by atoms with Gasteiger partial charge in [-0.3, -0.25) is 4.98 Å². The minimum absolute atomic E-state index is 0.126. The average molecular weight is 372 g/mol. The van der Waals surface area contributed by atoms with E-state index in [1.54, 1.807) is 35.7 Å². The van der Waals surface area contributed by atoms with Crippen LogP contribution in [0, 0.1) is 6.92 Å². The molecule has 0 aliphatic heterocycles. The average Bonchev–Trinajstić information content (AvgIpc) is 3.29. The van der Waals surface area contributed by atoms with E-state index in [1.165, 1.54) is 4.88 Å². The first-order chi connectivity index (χ1) is 12.6. The summed E-state index contributed by atoms with van der Waals surface area (Å²) in [5.74, 6) is 0.976. The van der Waals surface area contributed by atoms with E-state index in [0.717, 1.165) is 17.7 Å². The molecule has 0 atom stereocenters. The van der Waals surface area contributed by atoms with Crippen molar-refractivity contribution < 1.29 is 9.32 Å². The van der Waals surface area contributed by atoms with E-state index in [-0.39, 0.29) is 6.03 Å². The smallest absolute Gasteiger partial charge is 0.317 e. The van der Waals surface area contributed by atoms with Crippen molar-refractivity contribution in [1.29, 1.82) is 0 Å². The maximum absolute atomic E-state index is 12.1. The topological polar surface area (TPSA) is 97.0 Å². The molecule has 0 bridgehead atoms. The Morgan fingerprint density at radius 1 is 1.38 bits per heavy atom. The molecule has 0 aliphatic rings. The van der Waals surface area contributed by atoms with Gasteiger partial charge < -0.3 is 14.7 Å². The predicted molar refractivity (Wildman–Crippen MR) is 97.8 cm³/mol. The number of aromatic nitrogens is 4. The highest BCUT2D eigenvalue weighted by atomic mass is 32.1. The number of nitrogens with zero attached hydrogens (tertiary/aromatic N) is 5. The second-order valence-corrected chi connectivity index (χ2v) is 6.71. The van der Waals surface area contributed by atoms with Gasteiger partial charge in [-0.1, -0.05) is 5.16 Å². The van der Waals surface area contributed by atoms with E-state index < -0.39 is 0 Å². The van der Waals surface area contributed by atoms with Crippen LogP contribution in [-0.2, 0) is 12.8 Å². The number of nitrogens with one attached hydrogen (secondary N) is 1. The molecule has 0 aromatic carbocycles. The fourth-order valence-electron chi connectivity index (χ4n) is 2.32. The summed E-state index contributed by atoms with van der Waals surface area (Å²) in [7, 11) is 1.78. The van der Waals surface area contributed by atoms with Crippen LogP contribution >= 0.6 is 11.3 Å². The SMILES string of the molecule is Cc1ncsc1CCN(C)C(=O)NCCc1nc(-c2cccnc2)no1. The van der Waals surface area contributed by atoms with Crippen molar-refractivity contribution in [3.8, 4) is 11.4 Å². The third-order valence-corrected chi connectivity index (χ3v) is 4.86. The lowest BCUT2D eigenvalue weighted by molar-refractivity contribution is 0.209. The Morgan fingerprint density at radius 2 is 2.27 bits per heavy atom. The maximum atomic E-state index is 12.1. The summed E-state index contributed by atoms with van der Waals surface area (Å²) in [5, 5.41) is 6.79. The van der Waals surface area contributed by atoms with E-state index in [1.807, 2.05) is 24.6 Å². The summed E-state index contributed by atoms with van der Waals surface area (Å²) in [6.07, 6.45) is 4.64. The Kier molecular flexibility index (Phi) is 5.90. The molecular formula is C17H20N6O2S. The first kappa shape index (κ1) is 18.0. The van der Waals surface area contributed by atoms with Crippen molar-refractivity contribution in [2.45, 2.75) is 19.8 Å². The summed E-state index contributed by atoms with van der Waals surface area (Å²) in [6, 6.07) is 3.55. The lowest BCUT2D eigenvalue weighted by Gasteiger charge is -2.17. The highest BCUT2D eigenvalue weighted by Crippen LogP contribution is 2.14. The van der Waals surface area contributed by atoms with E-state index in [0.29, 0.717) is 31.2 Å². The highest BCUT2D eigenvalue weighted by Gasteiger charge is 2.12. The minimum Gasteiger partial charge on any atom is -0.339 e. The molecule has 0 spiro atoms. The van der Waals surface area contributed by atoms with E-state index in [9.17, 15) is 4.79 Å². The lowest BCUT2D eigenvalue weighted by atomic mass is 10.3. The molecule has 3 rings (SSSR count). The van der Waals surface area contributed by atoms with Gasteiger partial charge in [-0.05, 0) is 19.1 Å². The number of aryl methyl sites for hydroxylation is 1. The van der Waals surface area contributed by atoms with Crippen LogP contribution in [0.1, 0.15) is 16.5 Å². The Labute approximate surface area is 155 Å². The summed E-state index contributed by atoms with van der Waals surface area (Å²) in [6.45, 7) is 3.05. The van der Waals surface area contributed by atoms with Crippen LogP contribution in [0.2, 0.25) is 0 Å². The van der Waals surface area contributed by atoms with Gasteiger partial charge in [-0.15, -0.1) is 11.3 Å². The second kappa shape index (κ2) is 8.52. The Morgan fingerprint density at radius 3 is 3.00 bits per heavy atom. The van der Waals surface area contributed by atoms with Gasteiger partial charge in [-0.2, -0.15) is 4.98 Å². The fraction of sp³-hybridized carbons (Fsp3) is 0.353. The first-order valence-corrected chi connectivity index (χ1v) is 9.12. The van der Waals surface area contributed by atoms with Gasteiger partial charge in [0.15, 0.2) is 0 Å². The van der Waals surface area contributed by atoms with Crippen LogP contribution < -0.4 is 5.32 Å². The molecule has 2 amide bonds. The molecular weight excluding hydrogens is 352 g/mol. The van der Waals surface area contributed by atoms with Crippen LogP contribution in [0.3, 0.4) is 0 Å². The van der Waals surface area contributed by atoms with E-state index >= 15 is 0 Å². The van der Waals surface area contributed by atoms with Crippen LogP contribution in [0.5, 0.6) is 0 Å². The zero-order valence-corrected chi connectivity index (χ0v) is 15.5. The number of amides is 2. The molecule has 3 aromatic heterocycles. The minimum atomic E-state index is -0.126. The molecule has 136 valence electrons. The van der Waals surface area contributed by atoms with Gasteiger partial charge in [-0.25, -0.2) is 9.78 Å². The lowest BCUT2D eigenvalue weighted by Crippen LogP contribution is -2.39. The third kappa shape index (κ3) is 4.63. The monoisotopic (exact) mass is 372 g/mol. The number of carbonyl (C=O) groups is 1. The number of hydrogen-bond acceptors (Lipinski definition) is 7. The fourth-order valence-corrected chi connectivity index (χ4v) is 3.09. The summed E-state index contributed by atoms with van der Waals surface area (Å²) >= 11 is 1.62. The highest BCUT2D eigenvalue weighted by molar-refractivity contribution is 7.09. The molecule has 26 heavy (non-hydrogen) atoms. The van der Waals surface area contributed by atoms with Crippen molar-refractivity contribution in [2.75, 3.05) is 20.1 Å².